The molecule has 1 unspecified atom stereocenters. The molecule has 0 aromatic heterocycles. The fourth-order valence-electron chi connectivity index (χ4n) is 1.94. The first-order valence-electron chi connectivity index (χ1n) is 5.11. The van der Waals surface area contributed by atoms with Crippen molar-refractivity contribution in [3.05, 3.63) is 28.8 Å². The average molecular weight is 238 g/mol. The van der Waals surface area contributed by atoms with Crippen LogP contribution in [-0.4, -0.2) is 18.7 Å². The Hall–Kier alpha value is -1.35. The summed E-state index contributed by atoms with van der Waals surface area (Å²) in [6.45, 7) is 1.77. The number of nitrogens with zero attached hydrogens (tertiary/aromatic N) is 1. The lowest BCUT2D eigenvalue weighted by Crippen LogP contribution is -2.30. The zero-order valence-electron chi connectivity index (χ0n) is 9.16. The maximum absolute atomic E-state index is 11.9. The molecule has 1 heterocycles. The minimum Gasteiger partial charge on any atom is -0.314 e. The lowest BCUT2D eigenvalue weighted by Gasteiger charge is -2.18. The molecule has 1 aliphatic heterocycles. The zero-order chi connectivity index (χ0) is 11.9. The van der Waals surface area contributed by atoms with Crippen molar-refractivity contribution >= 4 is 29.0 Å². The molecule has 1 atom stereocenters. The molecule has 1 amide bonds. The Morgan fingerprint density at radius 2 is 2.06 bits per heavy atom. The molecule has 3 nitrogen and oxygen atoms in total. The summed E-state index contributed by atoms with van der Waals surface area (Å²) < 4.78 is 0. The van der Waals surface area contributed by atoms with Crippen LogP contribution >= 0.6 is 11.6 Å². The Morgan fingerprint density at radius 3 is 2.75 bits per heavy atom. The molecule has 0 N–H and O–H groups in total. The van der Waals surface area contributed by atoms with Gasteiger partial charge in [-0.05, 0) is 18.2 Å². The standard InChI is InChI=1S/C12H12ClNO2/c1-7-5-11(15)9-4-3-8(13)6-10(9)14(2)12(7)16/h3-4,6-7H,5H2,1-2H3. The highest BCUT2D eigenvalue weighted by atomic mass is 35.5. The van der Waals surface area contributed by atoms with Crippen molar-refractivity contribution in [1.29, 1.82) is 0 Å². The van der Waals surface area contributed by atoms with Crippen molar-refractivity contribution in [3.8, 4) is 0 Å². The summed E-state index contributed by atoms with van der Waals surface area (Å²) in [5.74, 6) is -0.324. The van der Waals surface area contributed by atoms with Gasteiger partial charge in [-0.15, -0.1) is 0 Å². The van der Waals surface area contributed by atoms with Crippen LogP contribution in [0.25, 0.3) is 0 Å². The summed E-state index contributed by atoms with van der Waals surface area (Å²) in [4.78, 5) is 25.3. The second kappa shape index (κ2) is 3.91. The summed E-state index contributed by atoms with van der Waals surface area (Å²) in [6, 6.07) is 5.01. The fraction of sp³-hybridized carbons (Fsp3) is 0.333. The number of hydrogen-bond acceptors (Lipinski definition) is 2. The molecule has 0 bridgehead atoms. The lowest BCUT2D eigenvalue weighted by molar-refractivity contribution is -0.121. The number of hydrogen-bond donors (Lipinski definition) is 0. The summed E-state index contributed by atoms with van der Waals surface area (Å²) in [6.07, 6.45) is 0.262. The largest absolute Gasteiger partial charge is 0.314 e. The van der Waals surface area contributed by atoms with Crippen molar-refractivity contribution in [2.24, 2.45) is 5.92 Å². The molecule has 1 aromatic rings. The SMILES string of the molecule is CC1CC(=O)c2ccc(Cl)cc2N(C)C1=O. The van der Waals surface area contributed by atoms with Crippen molar-refractivity contribution in [2.45, 2.75) is 13.3 Å². The summed E-state index contributed by atoms with van der Waals surface area (Å²) in [5, 5.41) is 0.528. The Balaban J connectivity index is 2.60. The summed E-state index contributed by atoms with van der Waals surface area (Å²) in [5.41, 5.74) is 1.18. The number of halogens is 1. The van der Waals surface area contributed by atoms with E-state index in [-0.39, 0.29) is 24.0 Å². The fourth-order valence-corrected chi connectivity index (χ4v) is 2.11. The first-order valence-corrected chi connectivity index (χ1v) is 5.49. The molecular formula is C12H12ClNO2. The third-order valence-corrected chi connectivity index (χ3v) is 3.10. The van der Waals surface area contributed by atoms with Gasteiger partial charge in [0, 0.05) is 30.0 Å². The van der Waals surface area contributed by atoms with Gasteiger partial charge in [0.25, 0.3) is 0 Å². The molecule has 16 heavy (non-hydrogen) atoms. The average Bonchev–Trinajstić information content (AvgIpc) is 2.32. The number of rotatable bonds is 0. The van der Waals surface area contributed by atoms with Gasteiger partial charge in [-0.2, -0.15) is 0 Å². The third-order valence-electron chi connectivity index (χ3n) is 2.87. The highest BCUT2D eigenvalue weighted by Gasteiger charge is 2.29. The van der Waals surface area contributed by atoms with Gasteiger partial charge in [0.1, 0.15) is 0 Å². The predicted molar refractivity (Wildman–Crippen MR) is 63.0 cm³/mol. The number of fused-ring (bicyclic) bond motifs is 1. The van der Waals surface area contributed by atoms with Crippen LogP contribution in [0, 0.1) is 5.92 Å². The van der Waals surface area contributed by atoms with Crippen molar-refractivity contribution in [1.82, 2.24) is 0 Å². The second-order valence-electron chi connectivity index (χ2n) is 4.09. The number of amides is 1. The van der Waals surface area contributed by atoms with E-state index in [0.29, 0.717) is 16.3 Å². The van der Waals surface area contributed by atoms with E-state index in [2.05, 4.69) is 0 Å². The molecule has 4 heteroatoms. The first kappa shape index (κ1) is 11.1. The quantitative estimate of drug-likeness (QED) is 0.695. The minimum absolute atomic E-state index is 0.00290. The number of anilines is 1. The summed E-state index contributed by atoms with van der Waals surface area (Å²) in [7, 11) is 1.67. The molecule has 1 aliphatic rings. The van der Waals surface area contributed by atoms with E-state index >= 15 is 0 Å². The lowest BCUT2D eigenvalue weighted by atomic mass is 10.0. The molecule has 0 spiro atoms. The summed E-state index contributed by atoms with van der Waals surface area (Å²) >= 11 is 5.88. The monoisotopic (exact) mass is 237 g/mol. The predicted octanol–water partition coefficient (Wildman–Crippen LogP) is 2.53. The topological polar surface area (TPSA) is 37.4 Å². The second-order valence-corrected chi connectivity index (χ2v) is 4.52. The maximum Gasteiger partial charge on any atom is 0.230 e. The maximum atomic E-state index is 11.9. The number of ketones is 1. The van der Waals surface area contributed by atoms with Crippen LogP contribution in [0.15, 0.2) is 18.2 Å². The van der Waals surface area contributed by atoms with Gasteiger partial charge < -0.3 is 4.90 Å². The molecule has 0 fully saturated rings. The Labute approximate surface area is 99.0 Å². The van der Waals surface area contributed by atoms with Gasteiger partial charge in [-0.25, -0.2) is 0 Å². The molecule has 2 rings (SSSR count). The Kier molecular flexibility index (Phi) is 2.72. The van der Waals surface area contributed by atoms with E-state index in [9.17, 15) is 9.59 Å². The Morgan fingerprint density at radius 1 is 1.38 bits per heavy atom. The van der Waals surface area contributed by atoms with E-state index in [0.717, 1.165) is 0 Å². The van der Waals surface area contributed by atoms with Crippen LogP contribution in [-0.2, 0) is 4.79 Å². The number of Topliss-reactive ketones (excluding diaryl/α,β-unsaturated/α-hetero) is 1. The minimum atomic E-state index is -0.274. The van der Waals surface area contributed by atoms with Gasteiger partial charge in [-0.3, -0.25) is 9.59 Å². The molecule has 0 radical (unpaired) electrons. The van der Waals surface area contributed by atoms with Gasteiger partial charge >= 0.3 is 0 Å². The first-order chi connectivity index (χ1) is 7.50. The zero-order valence-corrected chi connectivity index (χ0v) is 9.91. The third kappa shape index (κ3) is 1.71. The van der Waals surface area contributed by atoms with Crippen molar-refractivity contribution in [3.63, 3.8) is 0 Å². The van der Waals surface area contributed by atoms with Crippen LogP contribution in [0.4, 0.5) is 5.69 Å². The van der Waals surface area contributed by atoms with Gasteiger partial charge in [0.15, 0.2) is 5.78 Å². The Bertz CT molecular complexity index is 470. The van der Waals surface area contributed by atoms with Gasteiger partial charge in [0.2, 0.25) is 5.91 Å². The van der Waals surface area contributed by atoms with Gasteiger partial charge in [0.05, 0.1) is 5.69 Å². The van der Waals surface area contributed by atoms with Crippen LogP contribution in [0.2, 0.25) is 5.02 Å². The van der Waals surface area contributed by atoms with Gasteiger partial charge in [-0.1, -0.05) is 18.5 Å². The highest BCUT2D eigenvalue weighted by molar-refractivity contribution is 6.31. The molecule has 0 aliphatic carbocycles. The van der Waals surface area contributed by atoms with E-state index in [1.807, 2.05) is 0 Å². The molecule has 0 saturated heterocycles. The van der Waals surface area contributed by atoms with E-state index in [1.54, 1.807) is 32.2 Å². The molecular weight excluding hydrogens is 226 g/mol. The molecule has 1 aromatic carbocycles. The number of benzene rings is 1. The smallest absolute Gasteiger partial charge is 0.230 e. The van der Waals surface area contributed by atoms with E-state index < -0.39 is 0 Å². The van der Waals surface area contributed by atoms with E-state index in [1.165, 1.54) is 4.90 Å². The highest BCUT2D eigenvalue weighted by Crippen LogP contribution is 2.30. The van der Waals surface area contributed by atoms with Crippen molar-refractivity contribution < 1.29 is 9.59 Å². The van der Waals surface area contributed by atoms with Crippen molar-refractivity contribution in [2.75, 3.05) is 11.9 Å². The normalized spacial score (nSPS) is 20.7. The number of carbonyl (C=O) groups excluding carboxylic acids is 2. The molecule has 84 valence electrons. The van der Waals surface area contributed by atoms with Crippen LogP contribution in [0.3, 0.4) is 0 Å². The van der Waals surface area contributed by atoms with Crippen LogP contribution in [0.1, 0.15) is 23.7 Å². The van der Waals surface area contributed by atoms with Crippen LogP contribution in [0.5, 0.6) is 0 Å². The van der Waals surface area contributed by atoms with E-state index in [4.69, 9.17) is 11.6 Å². The number of carbonyl (C=O) groups is 2. The van der Waals surface area contributed by atoms with Crippen LogP contribution < -0.4 is 4.90 Å². The molecule has 0 saturated carbocycles.